The van der Waals surface area contributed by atoms with Crippen molar-refractivity contribution in [2.75, 3.05) is 6.54 Å². The van der Waals surface area contributed by atoms with Gasteiger partial charge in [-0.2, -0.15) is 0 Å². The fourth-order valence-corrected chi connectivity index (χ4v) is 3.93. The summed E-state index contributed by atoms with van der Waals surface area (Å²) in [7, 11) is 0. The minimum atomic E-state index is -0.0427. The zero-order valence-corrected chi connectivity index (χ0v) is 14.3. The molecular weight excluding hydrogens is 282 g/mol. The molecule has 0 radical (unpaired) electrons. The van der Waals surface area contributed by atoms with Gasteiger partial charge in [0.05, 0.1) is 10.7 Å². The molecule has 1 aromatic rings. The highest BCUT2D eigenvalue weighted by Gasteiger charge is 2.44. The number of hydrogen-bond donors (Lipinski definition) is 2. The second-order valence-corrected chi connectivity index (χ2v) is 7.86. The van der Waals surface area contributed by atoms with E-state index in [1.807, 2.05) is 6.92 Å². The summed E-state index contributed by atoms with van der Waals surface area (Å²) in [6.07, 6.45) is 2.63. The Hall–Kier alpha value is -0.940. The van der Waals surface area contributed by atoms with E-state index in [9.17, 15) is 4.79 Å². The molecule has 3 N–H and O–H groups in total. The summed E-state index contributed by atoms with van der Waals surface area (Å²) < 4.78 is 0. The number of nitrogens with two attached hydrogens (primary N) is 1. The van der Waals surface area contributed by atoms with Crippen LogP contribution in [0.25, 0.3) is 0 Å². The van der Waals surface area contributed by atoms with Gasteiger partial charge in [0.1, 0.15) is 0 Å². The van der Waals surface area contributed by atoms with E-state index in [1.165, 1.54) is 0 Å². The molecule has 3 unspecified atom stereocenters. The van der Waals surface area contributed by atoms with Crippen molar-refractivity contribution in [1.82, 2.24) is 10.3 Å². The van der Waals surface area contributed by atoms with E-state index in [0.717, 1.165) is 30.0 Å². The van der Waals surface area contributed by atoms with Crippen molar-refractivity contribution in [2.45, 2.75) is 53.0 Å². The Labute approximate surface area is 131 Å². The summed E-state index contributed by atoms with van der Waals surface area (Å²) in [5.74, 6) is 0.596. The Kier molecular flexibility index (Phi) is 5.04. The molecule has 2 rings (SSSR count). The van der Waals surface area contributed by atoms with Crippen molar-refractivity contribution in [2.24, 2.45) is 23.0 Å². The van der Waals surface area contributed by atoms with Crippen molar-refractivity contribution in [1.29, 1.82) is 0 Å². The van der Waals surface area contributed by atoms with Gasteiger partial charge in [-0.3, -0.25) is 4.79 Å². The third-order valence-electron chi connectivity index (χ3n) is 5.17. The second-order valence-electron chi connectivity index (χ2n) is 6.80. The number of nitrogens with zero attached hydrogens (tertiary/aromatic N) is 1. The van der Waals surface area contributed by atoms with Crippen LogP contribution in [0.3, 0.4) is 0 Å². The lowest BCUT2D eigenvalue weighted by molar-refractivity contribution is -0.132. The maximum Gasteiger partial charge on any atom is 0.223 e. The molecule has 118 valence electrons. The average Bonchev–Trinajstić information content (AvgIpc) is 2.82. The van der Waals surface area contributed by atoms with Gasteiger partial charge in [-0.15, -0.1) is 11.3 Å². The van der Waals surface area contributed by atoms with Crippen molar-refractivity contribution in [3.8, 4) is 0 Å². The van der Waals surface area contributed by atoms with Gasteiger partial charge in [0.2, 0.25) is 5.91 Å². The molecule has 0 aromatic carbocycles. The Morgan fingerprint density at radius 2 is 2.24 bits per heavy atom. The van der Waals surface area contributed by atoms with Crippen molar-refractivity contribution >= 4 is 17.2 Å². The van der Waals surface area contributed by atoms with Gasteiger partial charge < -0.3 is 11.1 Å². The zero-order valence-electron chi connectivity index (χ0n) is 13.5. The number of rotatable bonds is 4. The van der Waals surface area contributed by atoms with Gasteiger partial charge in [0.15, 0.2) is 0 Å². The first-order chi connectivity index (χ1) is 9.82. The molecule has 21 heavy (non-hydrogen) atoms. The number of thiazole rings is 1. The fourth-order valence-electron chi connectivity index (χ4n) is 3.28. The van der Waals surface area contributed by atoms with Crippen LogP contribution >= 0.6 is 11.3 Å². The molecule has 1 saturated carbocycles. The first-order valence-corrected chi connectivity index (χ1v) is 8.64. The van der Waals surface area contributed by atoms with Gasteiger partial charge in [-0.05, 0) is 31.1 Å². The summed E-state index contributed by atoms with van der Waals surface area (Å²) in [4.78, 5) is 16.9. The Morgan fingerprint density at radius 1 is 1.52 bits per heavy atom. The van der Waals surface area contributed by atoms with Crippen LogP contribution < -0.4 is 11.1 Å². The number of amides is 1. The minimum Gasteiger partial charge on any atom is -0.355 e. The number of carbonyl (C=O) groups is 1. The van der Waals surface area contributed by atoms with Crippen LogP contribution in [-0.2, 0) is 11.2 Å². The number of aromatic nitrogens is 1. The number of aryl methyl sites for hydroxylation is 1. The zero-order chi connectivity index (χ0) is 15.6. The third kappa shape index (κ3) is 3.64. The average molecular weight is 309 g/mol. The normalized spacial score (nSPS) is 28.3. The molecule has 0 bridgehead atoms. The summed E-state index contributed by atoms with van der Waals surface area (Å²) in [5.41, 5.74) is 7.18. The highest BCUT2D eigenvalue weighted by atomic mass is 32.1. The van der Waals surface area contributed by atoms with Crippen LogP contribution in [-0.4, -0.2) is 23.5 Å². The van der Waals surface area contributed by atoms with E-state index < -0.39 is 0 Å². The Morgan fingerprint density at radius 3 is 2.86 bits per heavy atom. The Balaban J connectivity index is 1.88. The van der Waals surface area contributed by atoms with Gasteiger partial charge >= 0.3 is 0 Å². The van der Waals surface area contributed by atoms with Gasteiger partial charge in [0, 0.05) is 30.3 Å². The first kappa shape index (κ1) is 16.4. The molecule has 1 aromatic heterocycles. The first-order valence-electron chi connectivity index (χ1n) is 7.76. The maximum absolute atomic E-state index is 12.5. The highest BCUT2D eigenvalue weighted by molar-refractivity contribution is 7.09. The lowest BCUT2D eigenvalue weighted by Gasteiger charge is -2.46. The molecule has 0 saturated heterocycles. The monoisotopic (exact) mass is 309 g/mol. The van der Waals surface area contributed by atoms with E-state index in [2.05, 4.69) is 36.5 Å². The minimum absolute atomic E-state index is 0.0427. The number of nitrogens with one attached hydrogen (secondary N) is 1. The van der Waals surface area contributed by atoms with E-state index in [4.69, 9.17) is 5.73 Å². The molecule has 0 spiro atoms. The van der Waals surface area contributed by atoms with Gasteiger partial charge in [0.25, 0.3) is 0 Å². The van der Waals surface area contributed by atoms with Crippen LogP contribution in [0.4, 0.5) is 0 Å². The maximum atomic E-state index is 12.5. The Bertz CT molecular complexity index is 497. The van der Waals surface area contributed by atoms with Crippen molar-refractivity contribution in [3.63, 3.8) is 0 Å². The smallest absolute Gasteiger partial charge is 0.223 e. The van der Waals surface area contributed by atoms with E-state index >= 15 is 0 Å². The molecule has 3 atom stereocenters. The quantitative estimate of drug-likeness (QED) is 0.898. The molecule has 1 heterocycles. The lowest BCUT2D eigenvalue weighted by atomic mass is 9.61. The van der Waals surface area contributed by atoms with E-state index in [0.29, 0.717) is 12.5 Å². The van der Waals surface area contributed by atoms with Gasteiger partial charge in [-0.1, -0.05) is 20.8 Å². The molecule has 1 amide bonds. The van der Waals surface area contributed by atoms with Crippen molar-refractivity contribution < 1.29 is 4.79 Å². The van der Waals surface area contributed by atoms with Crippen LogP contribution in [0.5, 0.6) is 0 Å². The lowest BCUT2D eigenvalue weighted by Crippen LogP contribution is -2.51. The highest BCUT2D eigenvalue weighted by Crippen LogP contribution is 2.44. The van der Waals surface area contributed by atoms with E-state index in [1.54, 1.807) is 11.3 Å². The largest absolute Gasteiger partial charge is 0.355 e. The second kappa shape index (κ2) is 6.44. The predicted molar refractivity (Wildman–Crippen MR) is 87.2 cm³/mol. The molecule has 5 heteroatoms. The van der Waals surface area contributed by atoms with Crippen LogP contribution in [0.1, 0.15) is 44.3 Å². The number of carbonyl (C=O) groups excluding carboxylic acids is 1. The standard InChI is InChI=1S/C16H27N3OS/c1-10-14(17)6-5-13(16(10,3)4)15(20)18-8-7-12-9-21-11(2)19-12/h9-10,13-14H,5-8,17H2,1-4H3,(H,18,20). The molecular formula is C16H27N3OS. The van der Waals surface area contributed by atoms with E-state index in [-0.39, 0.29) is 23.3 Å². The molecule has 1 aliphatic carbocycles. The topological polar surface area (TPSA) is 68.0 Å². The molecule has 1 fully saturated rings. The van der Waals surface area contributed by atoms with Crippen LogP contribution in [0.2, 0.25) is 0 Å². The fraction of sp³-hybridized carbons (Fsp3) is 0.750. The van der Waals surface area contributed by atoms with Gasteiger partial charge in [-0.25, -0.2) is 4.98 Å². The molecule has 0 aliphatic heterocycles. The van der Waals surface area contributed by atoms with Crippen molar-refractivity contribution in [3.05, 3.63) is 16.1 Å². The predicted octanol–water partition coefficient (Wildman–Crippen LogP) is 2.51. The van der Waals surface area contributed by atoms with Crippen LogP contribution in [0, 0.1) is 24.2 Å². The molecule has 4 nitrogen and oxygen atoms in total. The number of hydrogen-bond acceptors (Lipinski definition) is 4. The molecule has 1 aliphatic rings. The SMILES string of the molecule is Cc1nc(CCNC(=O)C2CCC(N)C(C)C2(C)C)cs1. The summed E-state index contributed by atoms with van der Waals surface area (Å²) in [6.45, 7) is 9.18. The third-order valence-corrected chi connectivity index (χ3v) is 5.99. The summed E-state index contributed by atoms with van der Waals surface area (Å²) in [6, 6.07) is 0.210. The summed E-state index contributed by atoms with van der Waals surface area (Å²) in [5, 5.41) is 6.23. The van der Waals surface area contributed by atoms with Crippen LogP contribution in [0.15, 0.2) is 5.38 Å². The summed E-state index contributed by atoms with van der Waals surface area (Å²) >= 11 is 1.65.